The van der Waals surface area contributed by atoms with Gasteiger partial charge in [-0.2, -0.15) is 4.72 Å². The Bertz CT molecular complexity index is 582. The molecule has 0 saturated carbocycles. The molecule has 0 spiro atoms. The van der Waals surface area contributed by atoms with Gasteiger partial charge >= 0.3 is 0 Å². The van der Waals surface area contributed by atoms with E-state index in [9.17, 15) is 13.5 Å². The number of sulfonamides is 1. The lowest BCUT2D eigenvalue weighted by Gasteiger charge is -2.28. The van der Waals surface area contributed by atoms with Crippen LogP contribution in [0.4, 0.5) is 0 Å². The maximum absolute atomic E-state index is 12.1. The van der Waals surface area contributed by atoms with Crippen molar-refractivity contribution in [2.45, 2.75) is 23.3 Å². The molecule has 1 aliphatic heterocycles. The zero-order valence-electron chi connectivity index (χ0n) is 10.4. The molecule has 2 rings (SSSR count). The lowest BCUT2D eigenvalue weighted by molar-refractivity contribution is -0.0820. The predicted molar refractivity (Wildman–Crippen MR) is 69.3 cm³/mol. The van der Waals surface area contributed by atoms with Crippen LogP contribution in [0, 0.1) is 0 Å². The van der Waals surface area contributed by atoms with Gasteiger partial charge in [0, 0.05) is 0 Å². The summed E-state index contributed by atoms with van der Waals surface area (Å²) in [5, 5.41) is 27.6. The van der Waals surface area contributed by atoms with Gasteiger partial charge < -0.3 is 20.1 Å². The van der Waals surface area contributed by atoms with E-state index in [1.807, 2.05) is 0 Å². The third-order valence-corrected chi connectivity index (χ3v) is 4.22. The number of rotatable bonds is 4. The Morgan fingerprint density at radius 2 is 1.85 bits per heavy atom. The maximum atomic E-state index is 12.1. The van der Waals surface area contributed by atoms with Crippen LogP contribution >= 0.6 is 0 Å². The molecule has 3 atom stereocenters. The standard InChI is InChI=1S/C12H15NO6S/c14-7-11-10(16)5-6-12(19-11)13-20(17,18)9-3-1-8(15)2-4-9/h1-6,10-16H,7H2/t10-,11-,12-/m1/s1. The lowest BCUT2D eigenvalue weighted by Crippen LogP contribution is -2.45. The molecule has 4 N–H and O–H groups in total. The number of hydrogen-bond donors (Lipinski definition) is 4. The first kappa shape index (κ1) is 14.9. The number of benzene rings is 1. The van der Waals surface area contributed by atoms with Gasteiger partial charge in [-0.15, -0.1) is 0 Å². The van der Waals surface area contributed by atoms with Crippen LogP contribution in [-0.2, 0) is 14.8 Å². The van der Waals surface area contributed by atoms with Gasteiger partial charge in [0.05, 0.1) is 11.5 Å². The topological polar surface area (TPSA) is 116 Å². The number of aliphatic hydroxyl groups excluding tert-OH is 2. The van der Waals surface area contributed by atoms with Crippen LogP contribution in [0.25, 0.3) is 0 Å². The van der Waals surface area contributed by atoms with Gasteiger partial charge in [0.15, 0.2) is 0 Å². The van der Waals surface area contributed by atoms with Crippen LogP contribution in [0.2, 0.25) is 0 Å². The first-order valence-electron chi connectivity index (χ1n) is 5.86. The second-order valence-electron chi connectivity index (χ2n) is 4.27. The molecule has 0 fully saturated rings. The first-order chi connectivity index (χ1) is 9.42. The van der Waals surface area contributed by atoms with E-state index in [2.05, 4.69) is 4.72 Å². The van der Waals surface area contributed by atoms with Crippen LogP contribution < -0.4 is 4.72 Å². The molecule has 1 heterocycles. The molecule has 20 heavy (non-hydrogen) atoms. The highest BCUT2D eigenvalue weighted by Gasteiger charge is 2.28. The molecule has 110 valence electrons. The summed E-state index contributed by atoms with van der Waals surface area (Å²) in [6, 6.07) is 5.02. The van der Waals surface area contributed by atoms with E-state index in [1.54, 1.807) is 0 Å². The number of hydrogen-bond acceptors (Lipinski definition) is 6. The molecule has 0 aromatic heterocycles. The Hall–Kier alpha value is -1.45. The number of nitrogens with one attached hydrogen (secondary N) is 1. The van der Waals surface area contributed by atoms with Crippen molar-refractivity contribution in [1.29, 1.82) is 0 Å². The SMILES string of the molecule is O=S(=O)(N[C@H]1C=C[C@@H](O)[C@@H](CO)O1)c1ccc(O)cc1. The molecule has 1 aromatic rings. The fourth-order valence-electron chi connectivity index (χ4n) is 1.72. The molecule has 1 aromatic carbocycles. The summed E-state index contributed by atoms with van der Waals surface area (Å²) < 4.78 is 31.6. The molecular formula is C12H15NO6S. The van der Waals surface area contributed by atoms with E-state index in [0.717, 1.165) is 0 Å². The van der Waals surface area contributed by atoms with Crippen LogP contribution in [0.1, 0.15) is 0 Å². The first-order valence-corrected chi connectivity index (χ1v) is 7.35. The molecule has 0 saturated heterocycles. The normalized spacial score (nSPS) is 26.6. The lowest BCUT2D eigenvalue weighted by atomic mass is 10.1. The van der Waals surface area contributed by atoms with Crippen LogP contribution in [0.3, 0.4) is 0 Å². The van der Waals surface area contributed by atoms with Crippen molar-refractivity contribution in [2.24, 2.45) is 0 Å². The summed E-state index contributed by atoms with van der Waals surface area (Å²) in [5.74, 6) is -0.0405. The van der Waals surface area contributed by atoms with E-state index in [4.69, 9.17) is 14.9 Å². The molecule has 8 heteroatoms. The van der Waals surface area contributed by atoms with Gasteiger partial charge in [0.1, 0.15) is 24.2 Å². The zero-order valence-corrected chi connectivity index (χ0v) is 11.2. The van der Waals surface area contributed by atoms with Crippen molar-refractivity contribution in [1.82, 2.24) is 4.72 Å². The van der Waals surface area contributed by atoms with Gasteiger partial charge in [0.2, 0.25) is 10.0 Å². The summed E-state index contributed by atoms with van der Waals surface area (Å²) in [7, 11) is -3.83. The molecule has 1 aliphatic rings. The Morgan fingerprint density at radius 3 is 2.45 bits per heavy atom. The summed E-state index contributed by atoms with van der Waals surface area (Å²) in [5.41, 5.74) is 0. The second kappa shape index (κ2) is 5.90. The van der Waals surface area contributed by atoms with Crippen molar-refractivity contribution in [2.75, 3.05) is 6.61 Å². The van der Waals surface area contributed by atoms with Crippen LogP contribution in [-0.4, -0.2) is 48.8 Å². The predicted octanol–water partition coefficient (Wildman–Crippen LogP) is -0.695. The summed E-state index contributed by atoms with van der Waals surface area (Å²) >= 11 is 0. The third kappa shape index (κ3) is 3.35. The van der Waals surface area contributed by atoms with E-state index < -0.39 is 35.1 Å². The van der Waals surface area contributed by atoms with E-state index in [-0.39, 0.29) is 10.6 Å². The average Bonchev–Trinajstić information content (AvgIpc) is 2.41. The van der Waals surface area contributed by atoms with Crippen molar-refractivity contribution >= 4 is 10.0 Å². The van der Waals surface area contributed by atoms with Crippen molar-refractivity contribution in [3.8, 4) is 5.75 Å². The van der Waals surface area contributed by atoms with Crippen molar-refractivity contribution in [3.05, 3.63) is 36.4 Å². The minimum Gasteiger partial charge on any atom is -0.508 e. The van der Waals surface area contributed by atoms with Crippen molar-refractivity contribution in [3.63, 3.8) is 0 Å². The Kier molecular flexibility index (Phi) is 4.41. The smallest absolute Gasteiger partial charge is 0.242 e. The van der Waals surface area contributed by atoms with E-state index >= 15 is 0 Å². The monoisotopic (exact) mass is 301 g/mol. The van der Waals surface area contributed by atoms with E-state index in [1.165, 1.54) is 36.4 Å². The van der Waals surface area contributed by atoms with Crippen LogP contribution in [0.5, 0.6) is 5.75 Å². The zero-order chi connectivity index (χ0) is 14.8. The van der Waals surface area contributed by atoms with Gasteiger partial charge in [-0.3, -0.25) is 0 Å². The highest BCUT2D eigenvalue weighted by molar-refractivity contribution is 7.89. The van der Waals surface area contributed by atoms with Gasteiger partial charge in [0.25, 0.3) is 0 Å². The molecule has 0 bridgehead atoms. The number of phenolic OH excluding ortho intramolecular Hbond substituents is 1. The van der Waals surface area contributed by atoms with Crippen molar-refractivity contribution < 1.29 is 28.5 Å². The van der Waals surface area contributed by atoms with Gasteiger partial charge in [-0.25, -0.2) is 8.42 Å². The molecule has 0 radical (unpaired) electrons. The molecular weight excluding hydrogens is 286 g/mol. The van der Waals surface area contributed by atoms with Gasteiger partial charge in [-0.05, 0) is 30.3 Å². The summed E-state index contributed by atoms with van der Waals surface area (Å²) in [4.78, 5) is -0.0287. The molecule has 7 nitrogen and oxygen atoms in total. The third-order valence-electron chi connectivity index (χ3n) is 2.78. The minimum atomic E-state index is -3.83. The van der Waals surface area contributed by atoms with Crippen LogP contribution in [0.15, 0.2) is 41.3 Å². The Labute approximate surface area is 116 Å². The second-order valence-corrected chi connectivity index (χ2v) is 5.98. The Balaban J connectivity index is 2.13. The molecule has 0 aliphatic carbocycles. The fourth-order valence-corrected chi connectivity index (χ4v) is 2.79. The summed E-state index contributed by atoms with van der Waals surface area (Å²) in [6.45, 7) is -0.428. The molecule has 0 unspecified atom stereocenters. The fraction of sp³-hybridized carbons (Fsp3) is 0.333. The average molecular weight is 301 g/mol. The largest absolute Gasteiger partial charge is 0.508 e. The van der Waals surface area contributed by atoms with Gasteiger partial charge in [-0.1, -0.05) is 6.08 Å². The maximum Gasteiger partial charge on any atom is 0.242 e. The number of phenols is 1. The summed E-state index contributed by atoms with van der Waals surface area (Å²) in [6.07, 6.45) is -0.125. The molecule has 0 amide bonds. The number of ether oxygens (including phenoxy) is 1. The quantitative estimate of drug-likeness (QED) is 0.547. The minimum absolute atomic E-state index is 0.0287. The Morgan fingerprint density at radius 1 is 1.20 bits per heavy atom. The highest BCUT2D eigenvalue weighted by atomic mass is 32.2. The number of aliphatic hydroxyl groups is 2. The van der Waals surface area contributed by atoms with E-state index in [0.29, 0.717) is 0 Å². The number of aromatic hydroxyl groups is 1. The highest BCUT2D eigenvalue weighted by Crippen LogP contribution is 2.17.